The number of amides is 2. The molecule has 2 amide bonds. The molecule has 0 saturated heterocycles. The van der Waals surface area contributed by atoms with E-state index in [0.717, 1.165) is 5.56 Å². The van der Waals surface area contributed by atoms with Crippen LogP contribution >= 0.6 is 0 Å². The zero-order chi connectivity index (χ0) is 20.6. The molecule has 0 saturated carbocycles. The van der Waals surface area contributed by atoms with Gasteiger partial charge in [-0.15, -0.1) is 0 Å². The average molecular weight is 391 g/mol. The second kappa shape index (κ2) is 9.36. The van der Waals surface area contributed by atoms with Crippen molar-refractivity contribution >= 4 is 17.5 Å². The Bertz CT molecular complexity index is 1010. The van der Waals surface area contributed by atoms with E-state index in [1.54, 1.807) is 18.2 Å². The fraction of sp³-hybridized carbons (Fsp3) is 0.136. The van der Waals surface area contributed by atoms with Crippen molar-refractivity contribution in [1.29, 1.82) is 0 Å². The number of rotatable bonds is 7. The maximum absolute atomic E-state index is 12.7. The Labute approximate surface area is 168 Å². The van der Waals surface area contributed by atoms with Crippen LogP contribution in [0, 0.1) is 0 Å². The summed E-state index contributed by atoms with van der Waals surface area (Å²) in [6, 6.07) is 17.6. The van der Waals surface area contributed by atoms with Crippen molar-refractivity contribution in [2.24, 2.45) is 0 Å². The Kier molecular flexibility index (Phi) is 6.42. The number of carbonyl (C=O) groups excluding carboxylic acids is 2. The van der Waals surface area contributed by atoms with E-state index in [0.29, 0.717) is 29.3 Å². The normalized spacial score (nSPS) is 10.1. The standard InChI is InChI=1S/C22H21N3O4/c1-28-17-8-9-20(29-2)18(13-17)25-21(26)16-10-11-23-19(12-16)22(27)24-14-15-6-4-3-5-7-15/h3-13H,14H2,1-2H3,(H,24,27)(H,25,26). The molecule has 0 aliphatic heterocycles. The van der Waals surface area contributed by atoms with Gasteiger partial charge in [0, 0.05) is 24.4 Å². The van der Waals surface area contributed by atoms with Crippen LogP contribution in [0.25, 0.3) is 0 Å². The number of nitrogens with zero attached hydrogens (tertiary/aromatic N) is 1. The first-order chi connectivity index (χ1) is 14.1. The lowest BCUT2D eigenvalue weighted by Gasteiger charge is -2.12. The van der Waals surface area contributed by atoms with Crippen LogP contribution in [0.3, 0.4) is 0 Å². The fourth-order valence-corrected chi connectivity index (χ4v) is 2.67. The maximum Gasteiger partial charge on any atom is 0.270 e. The molecule has 0 bridgehead atoms. The molecular weight excluding hydrogens is 370 g/mol. The summed E-state index contributed by atoms with van der Waals surface area (Å²) >= 11 is 0. The van der Waals surface area contributed by atoms with Gasteiger partial charge in [-0.25, -0.2) is 0 Å². The van der Waals surface area contributed by atoms with Gasteiger partial charge >= 0.3 is 0 Å². The fourth-order valence-electron chi connectivity index (χ4n) is 2.67. The zero-order valence-corrected chi connectivity index (χ0v) is 16.1. The number of carbonyl (C=O) groups is 2. The number of benzene rings is 2. The van der Waals surface area contributed by atoms with Crippen LogP contribution in [0.4, 0.5) is 5.69 Å². The van der Waals surface area contributed by atoms with E-state index in [9.17, 15) is 9.59 Å². The lowest BCUT2D eigenvalue weighted by molar-refractivity contribution is 0.0946. The van der Waals surface area contributed by atoms with E-state index in [4.69, 9.17) is 9.47 Å². The van der Waals surface area contributed by atoms with Crippen LogP contribution in [0.1, 0.15) is 26.4 Å². The molecule has 1 heterocycles. The van der Waals surface area contributed by atoms with Crippen molar-refractivity contribution in [1.82, 2.24) is 10.3 Å². The zero-order valence-electron chi connectivity index (χ0n) is 16.1. The molecule has 0 unspecified atom stereocenters. The Morgan fingerprint density at radius 3 is 2.45 bits per heavy atom. The molecule has 2 N–H and O–H groups in total. The number of pyridine rings is 1. The maximum atomic E-state index is 12.7. The summed E-state index contributed by atoms with van der Waals surface area (Å²) in [4.78, 5) is 29.1. The molecule has 29 heavy (non-hydrogen) atoms. The third-order valence-corrected chi connectivity index (χ3v) is 4.21. The van der Waals surface area contributed by atoms with Crippen LogP contribution in [0.5, 0.6) is 11.5 Å². The molecule has 0 atom stereocenters. The minimum absolute atomic E-state index is 0.159. The summed E-state index contributed by atoms with van der Waals surface area (Å²) in [5.74, 6) is 0.323. The van der Waals surface area contributed by atoms with Gasteiger partial charge in [-0.05, 0) is 29.8 Å². The van der Waals surface area contributed by atoms with Crippen LogP contribution in [-0.2, 0) is 6.54 Å². The van der Waals surface area contributed by atoms with Crippen molar-refractivity contribution in [3.8, 4) is 11.5 Å². The lowest BCUT2D eigenvalue weighted by atomic mass is 10.2. The lowest BCUT2D eigenvalue weighted by Crippen LogP contribution is -2.24. The van der Waals surface area contributed by atoms with Gasteiger partial charge < -0.3 is 20.1 Å². The first kappa shape index (κ1) is 19.9. The van der Waals surface area contributed by atoms with Gasteiger partial charge in [-0.2, -0.15) is 0 Å². The van der Waals surface area contributed by atoms with Crippen molar-refractivity contribution in [3.05, 3.63) is 83.7 Å². The highest BCUT2D eigenvalue weighted by molar-refractivity contribution is 6.06. The summed E-state index contributed by atoms with van der Waals surface area (Å²) in [7, 11) is 3.05. The third kappa shape index (κ3) is 5.10. The molecule has 7 nitrogen and oxygen atoms in total. The quantitative estimate of drug-likeness (QED) is 0.645. The van der Waals surface area contributed by atoms with Crippen molar-refractivity contribution in [2.75, 3.05) is 19.5 Å². The van der Waals surface area contributed by atoms with Crippen LogP contribution in [0.2, 0.25) is 0 Å². The number of ether oxygens (including phenoxy) is 2. The Hall–Kier alpha value is -3.87. The number of hydrogen-bond acceptors (Lipinski definition) is 5. The smallest absolute Gasteiger partial charge is 0.270 e. The molecule has 0 spiro atoms. The molecule has 148 valence electrons. The molecule has 2 aromatic carbocycles. The van der Waals surface area contributed by atoms with E-state index >= 15 is 0 Å². The van der Waals surface area contributed by atoms with Gasteiger partial charge in [0.25, 0.3) is 11.8 Å². The summed E-state index contributed by atoms with van der Waals surface area (Å²) in [6.45, 7) is 0.374. The second-order valence-electron chi connectivity index (χ2n) is 6.12. The van der Waals surface area contributed by atoms with Crippen LogP contribution < -0.4 is 20.1 Å². The van der Waals surface area contributed by atoms with Crippen molar-refractivity contribution in [3.63, 3.8) is 0 Å². The number of methoxy groups -OCH3 is 2. The largest absolute Gasteiger partial charge is 0.497 e. The van der Waals surface area contributed by atoms with Crippen molar-refractivity contribution in [2.45, 2.75) is 6.54 Å². The first-order valence-electron chi connectivity index (χ1n) is 8.92. The summed E-state index contributed by atoms with van der Waals surface area (Å²) < 4.78 is 10.5. The minimum atomic E-state index is -0.393. The molecule has 0 aliphatic rings. The average Bonchev–Trinajstić information content (AvgIpc) is 2.78. The summed E-state index contributed by atoms with van der Waals surface area (Å²) in [6.07, 6.45) is 1.43. The van der Waals surface area contributed by atoms with Gasteiger partial charge in [0.2, 0.25) is 0 Å². The molecule has 3 rings (SSSR count). The molecule has 1 aromatic heterocycles. The Morgan fingerprint density at radius 2 is 1.72 bits per heavy atom. The highest BCUT2D eigenvalue weighted by Gasteiger charge is 2.14. The summed E-state index contributed by atoms with van der Waals surface area (Å²) in [5, 5.41) is 5.57. The second-order valence-corrected chi connectivity index (χ2v) is 6.12. The highest BCUT2D eigenvalue weighted by atomic mass is 16.5. The predicted octanol–water partition coefficient (Wildman–Crippen LogP) is 3.28. The molecule has 0 aliphatic carbocycles. The Morgan fingerprint density at radius 1 is 0.931 bits per heavy atom. The van der Waals surface area contributed by atoms with E-state index in [-0.39, 0.29) is 11.6 Å². The number of hydrogen-bond donors (Lipinski definition) is 2. The van der Waals surface area contributed by atoms with E-state index in [2.05, 4.69) is 15.6 Å². The molecule has 7 heteroatoms. The number of aromatic nitrogens is 1. The molecule has 0 fully saturated rings. The van der Waals surface area contributed by atoms with Crippen LogP contribution in [0.15, 0.2) is 66.9 Å². The highest BCUT2D eigenvalue weighted by Crippen LogP contribution is 2.29. The SMILES string of the molecule is COc1ccc(OC)c(NC(=O)c2ccnc(C(=O)NCc3ccccc3)c2)c1. The Balaban J connectivity index is 1.72. The van der Waals surface area contributed by atoms with Crippen LogP contribution in [-0.4, -0.2) is 31.0 Å². The topological polar surface area (TPSA) is 89.6 Å². The van der Waals surface area contributed by atoms with Gasteiger partial charge in [-0.1, -0.05) is 30.3 Å². The van der Waals surface area contributed by atoms with E-state index in [1.165, 1.54) is 32.5 Å². The summed E-state index contributed by atoms with van der Waals surface area (Å²) in [5.41, 5.74) is 1.89. The van der Waals surface area contributed by atoms with E-state index < -0.39 is 5.91 Å². The van der Waals surface area contributed by atoms with Gasteiger partial charge in [0.05, 0.1) is 19.9 Å². The van der Waals surface area contributed by atoms with E-state index in [1.807, 2.05) is 30.3 Å². The first-order valence-corrected chi connectivity index (χ1v) is 8.92. The number of anilines is 1. The minimum Gasteiger partial charge on any atom is -0.497 e. The number of nitrogens with one attached hydrogen (secondary N) is 2. The monoisotopic (exact) mass is 391 g/mol. The van der Waals surface area contributed by atoms with Gasteiger partial charge in [0.1, 0.15) is 17.2 Å². The molecule has 3 aromatic rings. The van der Waals surface area contributed by atoms with Gasteiger partial charge in [-0.3, -0.25) is 14.6 Å². The van der Waals surface area contributed by atoms with Crippen molar-refractivity contribution < 1.29 is 19.1 Å². The molecule has 0 radical (unpaired) electrons. The third-order valence-electron chi connectivity index (χ3n) is 4.21. The molecular formula is C22H21N3O4. The van der Waals surface area contributed by atoms with Gasteiger partial charge in [0.15, 0.2) is 0 Å². The predicted molar refractivity (Wildman–Crippen MR) is 109 cm³/mol.